The second-order valence-corrected chi connectivity index (χ2v) is 6.28. The van der Waals surface area contributed by atoms with Gasteiger partial charge in [0.05, 0.1) is 5.52 Å². The molecule has 3 N–H and O–H groups in total. The number of urea groups is 1. The fourth-order valence-corrected chi connectivity index (χ4v) is 2.76. The molecule has 0 unspecified atom stereocenters. The van der Waals surface area contributed by atoms with Gasteiger partial charge in [0.2, 0.25) is 0 Å². The Labute approximate surface area is 154 Å². The topological polar surface area (TPSA) is 113 Å². The highest BCUT2D eigenvalue weighted by molar-refractivity contribution is 6.04. The number of hydrogen-bond donors (Lipinski definition) is 3. The summed E-state index contributed by atoms with van der Waals surface area (Å²) in [5.41, 5.74) is 2.08. The van der Waals surface area contributed by atoms with Gasteiger partial charge < -0.3 is 9.88 Å². The number of rotatable bonds is 4. The molecule has 1 aromatic carbocycles. The van der Waals surface area contributed by atoms with Gasteiger partial charge >= 0.3 is 6.03 Å². The summed E-state index contributed by atoms with van der Waals surface area (Å²) in [6, 6.07) is 10.8. The fraction of sp³-hybridized carbons (Fsp3) is 0.167. The molecule has 9 nitrogen and oxygen atoms in total. The van der Waals surface area contributed by atoms with Gasteiger partial charge in [-0.25, -0.2) is 4.79 Å². The van der Waals surface area contributed by atoms with Gasteiger partial charge in [-0.05, 0) is 38.1 Å². The van der Waals surface area contributed by atoms with Gasteiger partial charge in [0.1, 0.15) is 12.0 Å². The van der Waals surface area contributed by atoms with Crippen LogP contribution in [-0.2, 0) is 0 Å². The monoisotopic (exact) mass is 362 g/mol. The molecule has 27 heavy (non-hydrogen) atoms. The average molecular weight is 362 g/mol. The number of amides is 2. The number of carbonyl (C=O) groups excluding carboxylic acids is 1. The van der Waals surface area contributed by atoms with E-state index in [1.807, 2.05) is 42.7 Å². The molecule has 0 fully saturated rings. The number of aromatic amines is 1. The summed E-state index contributed by atoms with van der Waals surface area (Å²) >= 11 is 0. The molecular weight excluding hydrogens is 344 g/mol. The number of carbonyl (C=O) groups is 1. The first kappa shape index (κ1) is 16.7. The van der Waals surface area contributed by atoms with Crippen molar-refractivity contribution in [1.82, 2.24) is 29.9 Å². The molecule has 0 atom stereocenters. The first-order valence-electron chi connectivity index (χ1n) is 8.49. The zero-order chi connectivity index (χ0) is 18.8. The van der Waals surface area contributed by atoms with Crippen LogP contribution >= 0.6 is 0 Å². The van der Waals surface area contributed by atoms with E-state index in [2.05, 4.69) is 36.0 Å². The van der Waals surface area contributed by atoms with Crippen LogP contribution in [0.4, 0.5) is 16.3 Å². The minimum Gasteiger partial charge on any atom is -0.310 e. The third kappa shape index (κ3) is 3.34. The van der Waals surface area contributed by atoms with Crippen LogP contribution < -0.4 is 10.6 Å². The smallest absolute Gasteiger partial charge is 0.310 e. The highest BCUT2D eigenvalue weighted by atomic mass is 16.2. The van der Waals surface area contributed by atoms with Crippen LogP contribution in [0.5, 0.6) is 0 Å². The summed E-state index contributed by atoms with van der Waals surface area (Å²) in [5.74, 6) is 1.12. The SMILES string of the molecule is CC(C)n1cnnc1-c1cc(NC(=O)Nc2n[nH]c3ccccc23)ccn1. The highest BCUT2D eigenvalue weighted by Crippen LogP contribution is 2.22. The zero-order valence-corrected chi connectivity index (χ0v) is 14.8. The Bertz CT molecular complexity index is 1100. The van der Waals surface area contributed by atoms with Crippen molar-refractivity contribution in [2.75, 3.05) is 10.6 Å². The van der Waals surface area contributed by atoms with Gasteiger partial charge in [0.25, 0.3) is 0 Å². The van der Waals surface area contributed by atoms with E-state index in [1.165, 1.54) is 0 Å². The molecular formula is C18H18N8O. The summed E-state index contributed by atoms with van der Waals surface area (Å²) in [7, 11) is 0. The maximum atomic E-state index is 12.4. The minimum absolute atomic E-state index is 0.199. The Balaban J connectivity index is 1.53. The van der Waals surface area contributed by atoms with Crippen LogP contribution in [0, 0.1) is 0 Å². The molecule has 9 heteroatoms. The van der Waals surface area contributed by atoms with Crippen molar-refractivity contribution >= 4 is 28.4 Å². The van der Waals surface area contributed by atoms with E-state index in [9.17, 15) is 4.79 Å². The van der Waals surface area contributed by atoms with E-state index in [0.29, 0.717) is 23.0 Å². The van der Waals surface area contributed by atoms with Gasteiger partial charge in [-0.2, -0.15) is 5.10 Å². The molecule has 0 radical (unpaired) electrons. The molecule has 0 bridgehead atoms. The number of H-pyrrole nitrogens is 1. The molecule has 0 saturated carbocycles. The predicted octanol–water partition coefficient (Wildman–Crippen LogP) is 3.44. The second-order valence-electron chi connectivity index (χ2n) is 6.28. The van der Waals surface area contributed by atoms with E-state index in [-0.39, 0.29) is 6.04 Å². The Morgan fingerprint density at radius 3 is 2.89 bits per heavy atom. The highest BCUT2D eigenvalue weighted by Gasteiger charge is 2.13. The summed E-state index contributed by atoms with van der Waals surface area (Å²) in [5, 5.41) is 21.5. The number of pyridine rings is 1. The normalized spacial score (nSPS) is 11.1. The van der Waals surface area contributed by atoms with Gasteiger partial charge in [0.15, 0.2) is 11.6 Å². The van der Waals surface area contributed by atoms with Gasteiger partial charge in [-0.3, -0.25) is 15.4 Å². The van der Waals surface area contributed by atoms with E-state index < -0.39 is 6.03 Å². The molecule has 0 saturated heterocycles. The standard InChI is InChI=1S/C18H18N8O/c1-11(2)26-10-20-25-17(26)15-9-12(7-8-19-15)21-18(27)22-16-13-5-3-4-6-14(13)23-24-16/h3-11H,1-2H3,(H3,19,21,22,23,24,27). The van der Waals surface area contributed by atoms with E-state index in [1.54, 1.807) is 24.7 Å². The van der Waals surface area contributed by atoms with Crippen LogP contribution in [0.25, 0.3) is 22.4 Å². The molecule has 0 aliphatic rings. The molecule has 0 aliphatic heterocycles. The maximum absolute atomic E-state index is 12.4. The number of hydrogen-bond acceptors (Lipinski definition) is 5. The third-order valence-corrected chi connectivity index (χ3v) is 4.08. The molecule has 0 aliphatic carbocycles. The van der Waals surface area contributed by atoms with E-state index in [4.69, 9.17) is 0 Å². The second kappa shape index (κ2) is 6.87. The van der Waals surface area contributed by atoms with Crippen LogP contribution in [0.2, 0.25) is 0 Å². The first-order valence-corrected chi connectivity index (χ1v) is 8.49. The van der Waals surface area contributed by atoms with E-state index in [0.717, 1.165) is 10.9 Å². The van der Waals surface area contributed by atoms with Crippen LogP contribution in [-0.4, -0.2) is 36.0 Å². The summed E-state index contributed by atoms with van der Waals surface area (Å²) in [6.45, 7) is 4.08. The van der Waals surface area contributed by atoms with Gasteiger partial charge in [-0.15, -0.1) is 10.2 Å². The van der Waals surface area contributed by atoms with Crippen molar-refractivity contribution in [2.24, 2.45) is 0 Å². The van der Waals surface area contributed by atoms with Crippen molar-refractivity contribution in [3.63, 3.8) is 0 Å². The molecule has 4 rings (SSSR count). The molecule has 2 amide bonds. The number of fused-ring (bicyclic) bond motifs is 1. The number of anilines is 2. The lowest BCUT2D eigenvalue weighted by molar-refractivity contribution is 0.262. The fourth-order valence-electron chi connectivity index (χ4n) is 2.76. The molecule has 3 heterocycles. The van der Waals surface area contributed by atoms with Gasteiger partial charge in [-0.1, -0.05) is 12.1 Å². The van der Waals surface area contributed by atoms with Crippen molar-refractivity contribution in [2.45, 2.75) is 19.9 Å². The lowest BCUT2D eigenvalue weighted by atomic mass is 10.2. The summed E-state index contributed by atoms with van der Waals surface area (Å²) in [6.07, 6.45) is 3.28. The number of nitrogens with zero attached hydrogens (tertiary/aromatic N) is 5. The lowest BCUT2D eigenvalue weighted by Gasteiger charge is -2.10. The Morgan fingerprint density at radius 2 is 2.04 bits per heavy atom. The van der Waals surface area contributed by atoms with Crippen molar-refractivity contribution in [1.29, 1.82) is 0 Å². The average Bonchev–Trinajstić information content (AvgIpc) is 3.30. The van der Waals surface area contributed by atoms with Crippen molar-refractivity contribution in [3.05, 3.63) is 48.9 Å². The van der Waals surface area contributed by atoms with Crippen LogP contribution in [0.3, 0.4) is 0 Å². The predicted molar refractivity (Wildman–Crippen MR) is 102 cm³/mol. The summed E-state index contributed by atoms with van der Waals surface area (Å²) < 4.78 is 1.92. The van der Waals surface area contributed by atoms with Crippen molar-refractivity contribution in [3.8, 4) is 11.5 Å². The third-order valence-electron chi connectivity index (χ3n) is 4.08. The number of benzene rings is 1. The van der Waals surface area contributed by atoms with Crippen molar-refractivity contribution < 1.29 is 4.79 Å². The number of para-hydroxylation sites is 1. The van der Waals surface area contributed by atoms with Crippen LogP contribution in [0.15, 0.2) is 48.9 Å². The number of aromatic nitrogens is 6. The number of nitrogens with one attached hydrogen (secondary N) is 3. The molecule has 4 aromatic rings. The molecule has 3 aromatic heterocycles. The van der Waals surface area contributed by atoms with E-state index >= 15 is 0 Å². The zero-order valence-electron chi connectivity index (χ0n) is 14.8. The Hall–Kier alpha value is -3.75. The summed E-state index contributed by atoms with van der Waals surface area (Å²) in [4.78, 5) is 16.7. The van der Waals surface area contributed by atoms with Gasteiger partial charge in [0, 0.05) is 23.3 Å². The largest absolute Gasteiger partial charge is 0.324 e. The molecule has 136 valence electrons. The van der Waals surface area contributed by atoms with Crippen LogP contribution in [0.1, 0.15) is 19.9 Å². The maximum Gasteiger partial charge on any atom is 0.324 e. The molecule has 0 spiro atoms. The Morgan fingerprint density at radius 1 is 1.19 bits per heavy atom. The quantitative estimate of drug-likeness (QED) is 0.515. The minimum atomic E-state index is -0.394. The Kier molecular flexibility index (Phi) is 4.25. The lowest BCUT2D eigenvalue weighted by Crippen LogP contribution is -2.20. The first-order chi connectivity index (χ1) is 13.1.